The summed E-state index contributed by atoms with van der Waals surface area (Å²) in [5.41, 5.74) is 2.78. The van der Waals surface area contributed by atoms with Gasteiger partial charge in [-0.15, -0.1) is 0 Å². The maximum Gasteiger partial charge on any atom is 0.350 e. The summed E-state index contributed by atoms with van der Waals surface area (Å²) in [4.78, 5) is 34.1. The number of aryl methyl sites for hydroxylation is 1. The van der Waals surface area contributed by atoms with Gasteiger partial charge in [0.05, 0.1) is 5.69 Å². The summed E-state index contributed by atoms with van der Waals surface area (Å²) in [5.74, 6) is -0.540. The lowest BCUT2D eigenvalue weighted by Gasteiger charge is -2.01. The summed E-state index contributed by atoms with van der Waals surface area (Å²) in [5, 5.41) is -0.00888. The Balaban J connectivity index is 1.61. The van der Waals surface area contributed by atoms with Gasteiger partial charge in [-0.05, 0) is 30.2 Å². The van der Waals surface area contributed by atoms with E-state index in [0.717, 1.165) is 28.0 Å². The molecule has 30 heavy (non-hydrogen) atoms. The zero-order valence-electron chi connectivity index (χ0n) is 15.9. The molecule has 0 spiro atoms. The van der Waals surface area contributed by atoms with Gasteiger partial charge in [0.25, 0.3) is 5.56 Å². The van der Waals surface area contributed by atoms with Crippen molar-refractivity contribution in [1.29, 1.82) is 0 Å². The van der Waals surface area contributed by atoms with Gasteiger partial charge in [-0.25, -0.2) is 9.78 Å². The summed E-state index contributed by atoms with van der Waals surface area (Å²) < 4.78 is 6.57. The second-order valence-corrected chi connectivity index (χ2v) is 7.88. The smallest absolute Gasteiger partial charge is 0.350 e. The quantitative estimate of drug-likeness (QED) is 0.425. The summed E-state index contributed by atoms with van der Waals surface area (Å²) >= 11 is 7.31. The molecule has 0 unspecified atom stereocenters. The van der Waals surface area contributed by atoms with Crippen LogP contribution in [0, 0.1) is 6.92 Å². The van der Waals surface area contributed by atoms with Gasteiger partial charge in [0.15, 0.2) is 4.96 Å². The van der Waals surface area contributed by atoms with Crippen molar-refractivity contribution in [1.82, 2.24) is 14.4 Å². The first kappa shape index (κ1) is 20.0. The molecule has 0 bridgehead atoms. The molecule has 8 heteroatoms. The van der Waals surface area contributed by atoms with E-state index < -0.39 is 11.5 Å². The number of rotatable bonds is 5. The minimum atomic E-state index is -0.540. The second kappa shape index (κ2) is 8.61. The standard InChI is InChI=1S/C22H16ClN3O3S/c1-14-5-2-3-7-16(14)8-9-17-19(23)20(27)26-12-18(30-22(26)25-17)21(28)29-13-15-6-4-10-24-11-15/h2-12H,13H2,1H3. The van der Waals surface area contributed by atoms with Gasteiger partial charge in [0.1, 0.15) is 16.5 Å². The Morgan fingerprint density at radius 1 is 1.23 bits per heavy atom. The van der Waals surface area contributed by atoms with Crippen molar-refractivity contribution in [2.45, 2.75) is 13.5 Å². The van der Waals surface area contributed by atoms with Crippen LogP contribution >= 0.6 is 22.9 Å². The Morgan fingerprint density at radius 2 is 2.07 bits per heavy atom. The van der Waals surface area contributed by atoms with E-state index in [1.807, 2.05) is 43.3 Å². The molecule has 0 N–H and O–H groups in total. The summed E-state index contributed by atoms with van der Waals surface area (Å²) in [6.45, 7) is 2.09. The van der Waals surface area contributed by atoms with Crippen LogP contribution in [0.15, 0.2) is 59.8 Å². The van der Waals surface area contributed by atoms with Gasteiger partial charge < -0.3 is 4.74 Å². The highest BCUT2D eigenvalue weighted by Crippen LogP contribution is 2.21. The van der Waals surface area contributed by atoms with E-state index >= 15 is 0 Å². The lowest BCUT2D eigenvalue weighted by Crippen LogP contribution is -2.14. The Kier molecular flexibility index (Phi) is 5.74. The van der Waals surface area contributed by atoms with Crippen LogP contribution in [0.3, 0.4) is 0 Å². The molecule has 4 rings (SSSR count). The zero-order valence-corrected chi connectivity index (χ0v) is 17.5. The van der Waals surface area contributed by atoms with Crippen molar-refractivity contribution in [2.24, 2.45) is 0 Å². The topological polar surface area (TPSA) is 73.6 Å². The fourth-order valence-corrected chi connectivity index (χ4v) is 3.86. The number of ether oxygens (including phenoxy) is 1. The molecule has 0 aliphatic carbocycles. The second-order valence-electron chi connectivity index (χ2n) is 6.49. The van der Waals surface area contributed by atoms with Crippen molar-refractivity contribution >= 4 is 46.0 Å². The first-order chi connectivity index (χ1) is 14.5. The molecule has 0 atom stereocenters. The Morgan fingerprint density at radius 3 is 2.83 bits per heavy atom. The number of nitrogens with zero attached hydrogens (tertiary/aromatic N) is 3. The normalized spacial score (nSPS) is 11.3. The van der Waals surface area contributed by atoms with Crippen LogP contribution in [0.2, 0.25) is 5.02 Å². The Labute approximate surface area is 181 Å². The maximum absolute atomic E-state index is 12.6. The lowest BCUT2D eigenvalue weighted by molar-refractivity contribution is 0.0478. The van der Waals surface area contributed by atoms with Crippen LogP contribution < -0.4 is 5.56 Å². The van der Waals surface area contributed by atoms with E-state index in [1.54, 1.807) is 24.5 Å². The Hall–Kier alpha value is -3.29. The van der Waals surface area contributed by atoms with Crippen LogP contribution in [0.1, 0.15) is 32.1 Å². The highest BCUT2D eigenvalue weighted by molar-refractivity contribution is 7.18. The lowest BCUT2D eigenvalue weighted by atomic mass is 10.1. The fourth-order valence-electron chi connectivity index (χ4n) is 2.79. The van der Waals surface area contributed by atoms with E-state index in [2.05, 4.69) is 9.97 Å². The minimum absolute atomic E-state index is 0.00888. The van der Waals surface area contributed by atoms with Gasteiger partial charge in [-0.2, -0.15) is 0 Å². The van der Waals surface area contributed by atoms with Crippen LogP contribution in [-0.2, 0) is 11.3 Å². The third kappa shape index (κ3) is 4.17. The number of hydrogen-bond donors (Lipinski definition) is 0. The van der Waals surface area contributed by atoms with Gasteiger partial charge >= 0.3 is 5.97 Å². The van der Waals surface area contributed by atoms with Crippen LogP contribution in [0.25, 0.3) is 17.1 Å². The van der Waals surface area contributed by atoms with Crippen molar-refractivity contribution in [3.63, 3.8) is 0 Å². The first-order valence-corrected chi connectivity index (χ1v) is 10.2. The number of pyridine rings is 1. The van der Waals surface area contributed by atoms with Crippen LogP contribution in [-0.4, -0.2) is 20.3 Å². The molecule has 0 radical (unpaired) electrons. The molecule has 1 aromatic carbocycles. The molecule has 0 saturated carbocycles. The molecule has 0 saturated heterocycles. The van der Waals surface area contributed by atoms with Crippen molar-refractivity contribution in [2.75, 3.05) is 0 Å². The molecule has 0 amide bonds. The van der Waals surface area contributed by atoms with Gasteiger partial charge in [-0.3, -0.25) is 14.2 Å². The average Bonchev–Trinajstić information content (AvgIpc) is 3.20. The number of thiazole rings is 1. The van der Waals surface area contributed by atoms with Crippen molar-refractivity contribution < 1.29 is 9.53 Å². The molecule has 6 nitrogen and oxygen atoms in total. The summed E-state index contributed by atoms with van der Waals surface area (Å²) in [6.07, 6.45) is 8.23. The van der Waals surface area contributed by atoms with Crippen molar-refractivity contribution in [3.8, 4) is 0 Å². The molecule has 3 aromatic heterocycles. The number of halogens is 1. The maximum atomic E-state index is 12.6. The SMILES string of the molecule is Cc1ccccc1C=Cc1nc2sc(C(=O)OCc3cccnc3)cn2c(=O)c1Cl. The van der Waals surface area contributed by atoms with E-state index in [1.165, 1.54) is 10.6 Å². The summed E-state index contributed by atoms with van der Waals surface area (Å²) in [7, 11) is 0. The van der Waals surface area contributed by atoms with E-state index in [4.69, 9.17) is 16.3 Å². The highest BCUT2D eigenvalue weighted by atomic mass is 35.5. The zero-order chi connectivity index (χ0) is 21.1. The molecular weight excluding hydrogens is 422 g/mol. The van der Waals surface area contributed by atoms with E-state index in [-0.39, 0.29) is 16.5 Å². The summed E-state index contributed by atoms with van der Waals surface area (Å²) in [6, 6.07) is 11.4. The number of fused-ring (bicyclic) bond motifs is 1. The predicted molar refractivity (Wildman–Crippen MR) is 118 cm³/mol. The largest absolute Gasteiger partial charge is 0.457 e. The molecule has 3 heterocycles. The first-order valence-electron chi connectivity index (χ1n) is 9.04. The van der Waals surface area contributed by atoms with E-state index in [9.17, 15) is 9.59 Å². The number of carbonyl (C=O) groups is 1. The van der Waals surface area contributed by atoms with Gasteiger partial charge in [0.2, 0.25) is 0 Å². The molecule has 4 aromatic rings. The number of hydrogen-bond acceptors (Lipinski definition) is 6. The number of aromatic nitrogens is 3. The minimum Gasteiger partial charge on any atom is -0.457 e. The predicted octanol–water partition coefficient (Wildman–Crippen LogP) is 4.64. The number of esters is 1. The highest BCUT2D eigenvalue weighted by Gasteiger charge is 2.17. The van der Waals surface area contributed by atoms with Crippen LogP contribution in [0.5, 0.6) is 0 Å². The molecule has 0 fully saturated rings. The fraction of sp³-hybridized carbons (Fsp3) is 0.0909. The monoisotopic (exact) mass is 437 g/mol. The Bertz CT molecular complexity index is 1310. The molecule has 0 aliphatic rings. The van der Waals surface area contributed by atoms with Crippen LogP contribution in [0.4, 0.5) is 0 Å². The van der Waals surface area contributed by atoms with E-state index in [0.29, 0.717) is 10.7 Å². The number of benzene rings is 1. The third-order valence-corrected chi connectivity index (χ3v) is 5.72. The van der Waals surface area contributed by atoms with Crippen molar-refractivity contribution in [3.05, 3.63) is 97.6 Å². The van der Waals surface area contributed by atoms with Gasteiger partial charge in [-0.1, -0.05) is 59.3 Å². The number of carbonyl (C=O) groups excluding carboxylic acids is 1. The molecule has 150 valence electrons. The third-order valence-electron chi connectivity index (χ3n) is 4.40. The van der Waals surface area contributed by atoms with Gasteiger partial charge in [0, 0.05) is 24.2 Å². The molecular formula is C22H16ClN3O3S. The molecule has 0 aliphatic heterocycles. The average molecular weight is 438 g/mol.